The molecule has 0 saturated carbocycles. The van der Waals surface area contributed by atoms with E-state index in [1.165, 1.54) is 5.57 Å². The van der Waals surface area contributed by atoms with Gasteiger partial charge in [-0.25, -0.2) is 4.79 Å². The number of ether oxygens (including phenoxy) is 1. The van der Waals surface area contributed by atoms with Crippen molar-refractivity contribution in [3.05, 3.63) is 23.8 Å². The molecular formula is C19H33NO3. The van der Waals surface area contributed by atoms with E-state index in [4.69, 9.17) is 4.74 Å². The molecule has 2 atom stereocenters. The molecule has 0 fully saturated rings. The fourth-order valence-corrected chi connectivity index (χ4v) is 1.89. The van der Waals surface area contributed by atoms with Crippen LogP contribution in [0.25, 0.3) is 0 Å². The highest BCUT2D eigenvalue weighted by atomic mass is 16.6. The monoisotopic (exact) mass is 323 g/mol. The molecule has 4 nitrogen and oxygen atoms in total. The van der Waals surface area contributed by atoms with E-state index in [1.807, 2.05) is 6.08 Å². The van der Waals surface area contributed by atoms with Crippen LogP contribution in [0.1, 0.15) is 67.7 Å². The molecule has 0 unspecified atom stereocenters. The van der Waals surface area contributed by atoms with Crippen LogP contribution < -0.4 is 5.32 Å². The second-order valence-electron chi connectivity index (χ2n) is 7.37. The molecular weight excluding hydrogens is 290 g/mol. The van der Waals surface area contributed by atoms with E-state index in [1.54, 1.807) is 33.8 Å². The Morgan fingerprint density at radius 2 is 1.78 bits per heavy atom. The van der Waals surface area contributed by atoms with Crippen LogP contribution in [0.5, 0.6) is 0 Å². The fourth-order valence-electron chi connectivity index (χ4n) is 1.89. The summed E-state index contributed by atoms with van der Waals surface area (Å²) >= 11 is 0. The minimum absolute atomic E-state index is 0.118. The highest BCUT2D eigenvalue weighted by molar-refractivity contribution is 5.95. The molecule has 0 aliphatic carbocycles. The summed E-state index contributed by atoms with van der Waals surface area (Å²) in [6.45, 7) is 13.4. The minimum atomic E-state index is -0.581. The van der Waals surface area contributed by atoms with Crippen molar-refractivity contribution in [1.82, 2.24) is 5.32 Å². The van der Waals surface area contributed by atoms with Crippen molar-refractivity contribution < 1.29 is 14.3 Å². The lowest BCUT2D eigenvalue weighted by Gasteiger charge is -2.21. The summed E-state index contributed by atoms with van der Waals surface area (Å²) in [5, 5.41) is 2.55. The van der Waals surface area contributed by atoms with Crippen LogP contribution in [0.4, 0.5) is 4.79 Å². The van der Waals surface area contributed by atoms with Gasteiger partial charge in [-0.15, -0.1) is 0 Å². The van der Waals surface area contributed by atoms with Crippen LogP contribution in [-0.2, 0) is 9.53 Å². The summed E-state index contributed by atoms with van der Waals surface area (Å²) in [5.41, 5.74) is 0.772. The molecule has 23 heavy (non-hydrogen) atoms. The van der Waals surface area contributed by atoms with Crippen molar-refractivity contribution in [2.75, 3.05) is 0 Å². The van der Waals surface area contributed by atoms with Gasteiger partial charge in [-0.05, 0) is 72.8 Å². The highest BCUT2D eigenvalue weighted by Crippen LogP contribution is 2.12. The lowest BCUT2D eigenvalue weighted by Crippen LogP contribution is -2.41. The maximum atomic E-state index is 12.0. The Kier molecular flexibility index (Phi) is 9.54. The molecule has 0 aromatic heterocycles. The van der Waals surface area contributed by atoms with Crippen molar-refractivity contribution >= 4 is 11.9 Å². The van der Waals surface area contributed by atoms with E-state index in [2.05, 4.69) is 32.2 Å². The van der Waals surface area contributed by atoms with Crippen molar-refractivity contribution in [3.8, 4) is 0 Å². The summed E-state index contributed by atoms with van der Waals surface area (Å²) in [7, 11) is 0. The van der Waals surface area contributed by atoms with Gasteiger partial charge in [0.05, 0.1) is 6.04 Å². The number of carbonyl (C=O) groups is 2. The third-order valence-electron chi connectivity index (χ3n) is 3.19. The van der Waals surface area contributed by atoms with Gasteiger partial charge in [0.15, 0.2) is 5.78 Å². The molecule has 1 amide bonds. The average molecular weight is 323 g/mol. The Bertz CT molecular complexity index is 440. The summed E-state index contributed by atoms with van der Waals surface area (Å²) in [4.78, 5) is 23.6. The number of ketones is 1. The van der Waals surface area contributed by atoms with Gasteiger partial charge < -0.3 is 10.1 Å². The Labute approximate surface area is 141 Å². The topological polar surface area (TPSA) is 55.4 Å². The molecule has 0 heterocycles. The Hall–Kier alpha value is -1.58. The third-order valence-corrected chi connectivity index (χ3v) is 3.19. The number of rotatable bonds is 8. The van der Waals surface area contributed by atoms with Crippen LogP contribution >= 0.6 is 0 Å². The highest BCUT2D eigenvalue weighted by Gasteiger charge is 2.19. The molecule has 0 aromatic carbocycles. The first-order valence-electron chi connectivity index (χ1n) is 8.34. The number of nitrogens with one attached hydrogen (secondary N) is 1. The number of alkyl carbamates (subject to hydrolysis) is 1. The number of hydrogen-bond acceptors (Lipinski definition) is 3. The van der Waals surface area contributed by atoms with E-state index < -0.39 is 17.7 Å². The van der Waals surface area contributed by atoms with Gasteiger partial charge in [0.25, 0.3) is 0 Å². The molecule has 1 N–H and O–H groups in total. The maximum absolute atomic E-state index is 12.0. The van der Waals surface area contributed by atoms with Gasteiger partial charge in [0, 0.05) is 0 Å². The number of amides is 1. The first-order valence-corrected chi connectivity index (χ1v) is 8.34. The Morgan fingerprint density at radius 1 is 1.17 bits per heavy atom. The van der Waals surface area contributed by atoms with Gasteiger partial charge in [-0.1, -0.05) is 24.6 Å². The molecule has 0 spiro atoms. The molecule has 0 aliphatic rings. The van der Waals surface area contributed by atoms with Crippen LogP contribution in [0, 0.1) is 5.92 Å². The lowest BCUT2D eigenvalue weighted by molar-refractivity contribution is -0.116. The molecule has 0 bridgehead atoms. The third kappa shape index (κ3) is 12.6. The van der Waals surface area contributed by atoms with Crippen molar-refractivity contribution in [2.45, 2.75) is 79.4 Å². The average Bonchev–Trinajstić information content (AvgIpc) is 2.35. The number of carbonyl (C=O) groups excluding carboxylic acids is 2. The standard InChI is InChI=1S/C19H33NO3/c1-14(2)10-8-11-15(3)12-9-13-17(21)16(4)20-18(22)23-19(5,6)7/h9-10,13,15-16H,8,11-12H2,1-7H3,(H,20,22)/b13-9+/t15-,16-/m0/s1. The normalized spacial score (nSPS) is 14.2. The predicted molar refractivity (Wildman–Crippen MR) is 95.4 cm³/mol. The van der Waals surface area contributed by atoms with Crippen molar-refractivity contribution in [2.24, 2.45) is 5.92 Å². The zero-order valence-electron chi connectivity index (χ0n) is 15.7. The Morgan fingerprint density at radius 3 is 2.30 bits per heavy atom. The summed E-state index contributed by atoms with van der Waals surface area (Å²) in [6.07, 6.45) is 8.15. The molecule has 0 aliphatic heterocycles. The molecule has 0 rings (SSSR count). The van der Waals surface area contributed by atoms with Crippen LogP contribution in [-0.4, -0.2) is 23.5 Å². The fraction of sp³-hybridized carbons (Fsp3) is 0.684. The van der Waals surface area contributed by atoms with Gasteiger partial charge in [0.1, 0.15) is 5.60 Å². The molecule has 4 heteroatoms. The van der Waals surface area contributed by atoms with Gasteiger partial charge in [0.2, 0.25) is 0 Å². The lowest BCUT2D eigenvalue weighted by atomic mass is 10.0. The van der Waals surface area contributed by atoms with E-state index in [9.17, 15) is 9.59 Å². The molecule has 0 radical (unpaired) electrons. The SMILES string of the molecule is CC(C)=CCC[C@H](C)C/C=C/C(=O)[C@H](C)NC(=O)OC(C)(C)C. The van der Waals surface area contributed by atoms with Crippen LogP contribution in [0.15, 0.2) is 23.8 Å². The quantitative estimate of drug-likeness (QED) is 0.516. The second-order valence-corrected chi connectivity index (χ2v) is 7.37. The molecule has 132 valence electrons. The van der Waals surface area contributed by atoms with Crippen LogP contribution in [0.2, 0.25) is 0 Å². The summed E-state index contributed by atoms with van der Waals surface area (Å²) < 4.78 is 5.13. The zero-order valence-corrected chi connectivity index (χ0v) is 15.7. The van der Waals surface area contributed by atoms with Crippen LogP contribution in [0.3, 0.4) is 0 Å². The van der Waals surface area contributed by atoms with Gasteiger partial charge in [-0.3, -0.25) is 4.79 Å². The summed E-state index contributed by atoms with van der Waals surface area (Å²) in [5.74, 6) is 0.413. The second kappa shape index (κ2) is 10.2. The largest absolute Gasteiger partial charge is 0.444 e. The first kappa shape index (κ1) is 21.4. The van der Waals surface area contributed by atoms with Gasteiger partial charge >= 0.3 is 6.09 Å². The van der Waals surface area contributed by atoms with Gasteiger partial charge in [-0.2, -0.15) is 0 Å². The van der Waals surface area contributed by atoms with E-state index in [0.717, 1.165) is 19.3 Å². The minimum Gasteiger partial charge on any atom is -0.444 e. The zero-order chi connectivity index (χ0) is 18.0. The smallest absolute Gasteiger partial charge is 0.408 e. The number of allylic oxidation sites excluding steroid dienone is 3. The maximum Gasteiger partial charge on any atom is 0.408 e. The molecule has 0 aromatic rings. The van der Waals surface area contributed by atoms with E-state index >= 15 is 0 Å². The Balaban J connectivity index is 4.16. The predicted octanol–water partition coefficient (Wildman–Crippen LogP) is 4.80. The summed E-state index contributed by atoms with van der Waals surface area (Å²) in [6, 6.07) is -0.581. The van der Waals surface area contributed by atoms with E-state index in [-0.39, 0.29) is 5.78 Å². The van der Waals surface area contributed by atoms with Crippen molar-refractivity contribution in [1.29, 1.82) is 0 Å². The van der Waals surface area contributed by atoms with Crippen molar-refractivity contribution in [3.63, 3.8) is 0 Å². The first-order chi connectivity index (χ1) is 10.5. The molecule has 0 saturated heterocycles. The number of hydrogen-bond donors (Lipinski definition) is 1. The van der Waals surface area contributed by atoms with E-state index in [0.29, 0.717) is 5.92 Å².